The SMILES string of the molecule is COC(=O)c1c(N)c(I)cc(F)c1Br. The van der Waals surface area contributed by atoms with Gasteiger partial charge in [0, 0.05) is 3.57 Å². The second kappa shape index (κ2) is 4.43. The summed E-state index contributed by atoms with van der Waals surface area (Å²) < 4.78 is 18.2. The number of nitrogens with two attached hydrogens (primary N) is 1. The first-order valence-corrected chi connectivity index (χ1v) is 5.37. The van der Waals surface area contributed by atoms with Crippen LogP contribution in [0.15, 0.2) is 10.5 Å². The van der Waals surface area contributed by atoms with Crippen LogP contribution < -0.4 is 5.73 Å². The summed E-state index contributed by atoms with van der Waals surface area (Å²) in [6.45, 7) is 0. The summed E-state index contributed by atoms with van der Waals surface area (Å²) in [7, 11) is 1.21. The molecule has 0 aliphatic rings. The van der Waals surface area contributed by atoms with E-state index in [2.05, 4.69) is 20.7 Å². The van der Waals surface area contributed by atoms with Crippen molar-refractivity contribution in [2.45, 2.75) is 0 Å². The van der Waals surface area contributed by atoms with E-state index in [9.17, 15) is 9.18 Å². The first-order chi connectivity index (χ1) is 6.49. The lowest BCUT2D eigenvalue weighted by Crippen LogP contribution is -2.09. The Labute approximate surface area is 102 Å². The van der Waals surface area contributed by atoms with Crippen LogP contribution in [-0.2, 0) is 4.74 Å². The zero-order valence-corrected chi connectivity index (χ0v) is 10.8. The first kappa shape index (κ1) is 11.7. The fourth-order valence-corrected chi connectivity index (χ4v) is 1.94. The minimum absolute atomic E-state index is 0.0249. The Kier molecular flexibility index (Phi) is 3.71. The lowest BCUT2D eigenvalue weighted by molar-refractivity contribution is 0.0600. The van der Waals surface area contributed by atoms with E-state index in [1.54, 1.807) is 0 Å². The molecule has 0 spiro atoms. The molecule has 0 atom stereocenters. The molecule has 3 nitrogen and oxygen atoms in total. The van der Waals surface area contributed by atoms with Gasteiger partial charge in [-0.1, -0.05) is 0 Å². The molecule has 0 radical (unpaired) electrons. The molecule has 0 amide bonds. The Morgan fingerprint density at radius 1 is 1.71 bits per heavy atom. The molecule has 0 bridgehead atoms. The number of hydrogen-bond donors (Lipinski definition) is 1. The van der Waals surface area contributed by atoms with Crippen LogP contribution in [0, 0.1) is 9.39 Å². The molecule has 0 aliphatic heterocycles. The van der Waals surface area contributed by atoms with Gasteiger partial charge in [0.2, 0.25) is 0 Å². The first-order valence-electron chi connectivity index (χ1n) is 3.50. The molecular weight excluding hydrogens is 368 g/mol. The molecule has 1 aromatic carbocycles. The minimum Gasteiger partial charge on any atom is -0.465 e. The van der Waals surface area contributed by atoms with Crippen molar-refractivity contribution in [3.63, 3.8) is 0 Å². The fourth-order valence-electron chi connectivity index (χ4n) is 0.911. The molecule has 0 aromatic heterocycles. The van der Waals surface area contributed by atoms with Crippen LogP contribution >= 0.6 is 38.5 Å². The topological polar surface area (TPSA) is 52.3 Å². The Hall–Kier alpha value is -0.370. The molecule has 2 N–H and O–H groups in total. The number of nitrogen functional groups attached to an aromatic ring is 1. The predicted molar refractivity (Wildman–Crippen MR) is 62.6 cm³/mol. The van der Waals surface area contributed by atoms with Crippen LogP contribution in [0.2, 0.25) is 0 Å². The predicted octanol–water partition coefficient (Wildman–Crippen LogP) is 2.56. The number of hydrogen-bond acceptors (Lipinski definition) is 3. The van der Waals surface area contributed by atoms with E-state index in [0.717, 1.165) is 0 Å². The van der Waals surface area contributed by atoms with E-state index in [1.165, 1.54) is 13.2 Å². The summed E-state index contributed by atoms with van der Waals surface area (Å²) in [5, 5.41) is 0. The molecule has 0 fully saturated rings. The third-order valence-corrected chi connectivity index (χ3v) is 3.27. The standard InChI is InChI=1S/C8H6BrFINO2/c1-14-8(13)5-6(9)3(10)2-4(11)7(5)12/h2H,12H2,1H3. The van der Waals surface area contributed by atoms with Crippen molar-refractivity contribution >= 4 is 50.2 Å². The van der Waals surface area contributed by atoms with Crippen molar-refractivity contribution in [3.05, 3.63) is 25.5 Å². The van der Waals surface area contributed by atoms with Gasteiger partial charge >= 0.3 is 5.97 Å². The lowest BCUT2D eigenvalue weighted by atomic mass is 10.2. The quantitative estimate of drug-likeness (QED) is 0.356. The molecule has 0 aliphatic carbocycles. The maximum Gasteiger partial charge on any atom is 0.341 e. The zero-order valence-electron chi connectivity index (χ0n) is 7.11. The smallest absolute Gasteiger partial charge is 0.341 e. The van der Waals surface area contributed by atoms with Gasteiger partial charge in [-0.25, -0.2) is 9.18 Å². The number of anilines is 1. The van der Waals surface area contributed by atoms with Crippen LogP contribution in [0.5, 0.6) is 0 Å². The number of methoxy groups -OCH3 is 1. The normalized spacial score (nSPS) is 10.0. The highest BCUT2D eigenvalue weighted by Crippen LogP contribution is 2.30. The summed E-state index contributed by atoms with van der Waals surface area (Å²) in [5.74, 6) is -1.20. The monoisotopic (exact) mass is 373 g/mol. The maximum absolute atomic E-state index is 13.2. The highest BCUT2D eigenvalue weighted by atomic mass is 127. The van der Waals surface area contributed by atoms with Crippen molar-refractivity contribution < 1.29 is 13.9 Å². The Bertz CT molecular complexity index is 371. The maximum atomic E-state index is 13.2. The van der Waals surface area contributed by atoms with Gasteiger partial charge in [0.05, 0.1) is 17.3 Å². The molecule has 0 unspecified atom stereocenters. The van der Waals surface area contributed by atoms with Crippen LogP contribution in [0.1, 0.15) is 10.4 Å². The van der Waals surface area contributed by atoms with Gasteiger partial charge in [-0.2, -0.15) is 0 Å². The van der Waals surface area contributed by atoms with Crippen molar-refractivity contribution in [2.75, 3.05) is 12.8 Å². The summed E-state index contributed by atoms with van der Waals surface area (Å²) in [4.78, 5) is 11.3. The Morgan fingerprint density at radius 2 is 2.29 bits per heavy atom. The van der Waals surface area contributed by atoms with E-state index >= 15 is 0 Å². The summed E-state index contributed by atoms with van der Waals surface area (Å²) in [6.07, 6.45) is 0. The average Bonchev–Trinajstić information content (AvgIpc) is 2.15. The van der Waals surface area contributed by atoms with E-state index < -0.39 is 11.8 Å². The molecule has 6 heteroatoms. The van der Waals surface area contributed by atoms with Crippen LogP contribution in [0.4, 0.5) is 10.1 Å². The van der Waals surface area contributed by atoms with Crippen molar-refractivity contribution in [3.8, 4) is 0 Å². The van der Waals surface area contributed by atoms with Crippen LogP contribution in [0.25, 0.3) is 0 Å². The number of carbonyl (C=O) groups is 1. The summed E-state index contributed by atoms with van der Waals surface area (Å²) in [5.41, 5.74) is 5.86. The molecule has 0 saturated heterocycles. The largest absolute Gasteiger partial charge is 0.465 e. The third kappa shape index (κ3) is 2.00. The number of carbonyl (C=O) groups excluding carboxylic acids is 1. The summed E-state index contributed by atoms with van der Waals surface area (Å²) in [6, 6.07) is 1.24. The van der Waals surface area contributed by atoms with E-state index in [-0.39, 0.29) is 15.7 Å². The number of benzene rings is 1. The molecule has 0 saturated carbocycles. The zero-order chi connectivity index (χ0) is 10.9. The van der Waals surface area contributed by atoms with E-state index in [1.807, 2.05) is 22.6 Å². The van der Waals surface area contributed by atoms with Gasteiger partial charge < -0.3 is 10.5 Å². The fraction of sp³-hybridized carbons (Fsp3) is 0.125. The van der Waals surface area contributed by atoms with E-state index in [0.29, 0.717) is 3.57 Å². The lowest BCUT2D eigenvalue weighted by Gasteiger charge is -2.08. The number of halogens is 3. The van der Waals surface area contributed by atoms with E-state index in [4.69, 9.17) is 5.73 Å². The van der Waals surface area contributed by atoms with Gasteiger partial charge in [-0.3, -0.25) is 0 Å². The van der Waals surface area contributed by atoms with Gasteiger partial charge in [0.25, 0.3) is 0 Å². The van der Waals surface area contributed by atoms with Crippen LogP contribution in [-0.4, -0.2) is 13.1 Å². The van der Waals surface area contributed by atoms with Gasteiger partial charge in [-0.15, -0.1) is 0 Å². The molecule has 0 heterocycles. The number of rotatable bonds is 1. The highest BCUT2D eigenvalue weighted by Gasteiger charge is 2.20. The molecular formula is C8H6BrFINO2. The van der Waals surface area contributed by atoms with Crippen molar-refractivity contribution in [1.82, 2.24) is 0 Å². The minimum atomic E-state index is -0.660. The van der Waals surface area contributed by atoms with Crippen molar-refractivity contribution in [1.29, 1.82) is 0 Å². The second-order valence-corrected chi connectivity index (χ2v) is 4.39. The number of ether oxygens (including phenoxy) is 1. The van der Waals surface area contributed by atoms with Crippen molar-refractivity contribution in [2.24, 2.45) is 0 Å². The van der Waals surface area contributed by atoms with Gasteiger partial charge in [0.15, 0.2) is 0 Å². The van der Waals surface area contributed by atoms with Gasteiger partial charge in [0.1, 0.15) is 11.4 Å². The average molecular weight is 374 g/mol. The molecule has 1 rings (SSSR count). The Morgan fingerprint density at radius 3 is 2.79 bits per heavy atom. The number of esters is 1. The third-order valence-electron chi connectivity index (χ3n) is 1.60. The van der Waals surface area contributed by atoms with Gasteiger partial charge in [-0.05, 0) is 44.6 Å². The highest BCUT2D eigenvalue weighted by molar-refractivity contribution is 14.1. The summed E-state index contributed by atoms with van der Waals surface area (Å²) >= 11 is 4.80. The molecule has 76 valence electrons. The second-order valence-electron chi connectivity index (χ2n) is 2.43. The molecule has 14 heavy (non-hydrogen) atoms. The Balaban J connectivity index is 3.47. The molecule has 1 aromatic rings. The van der Waals surface area contributed by atoms with Crippen LogP contribution in [0.3, 0.4) is 0 Å².